The van der Waals surface area contributed by atoms with Crippen molar-refractivity contribution < 1.29 is 0 Å². The van der Waals surface area contributed by atoms with E-state index in [2.05, 4.69) is 115 Å². The van der Waals surface area contributed by atoms with Crippen molar-refractivity contribution in [2.45, 2.75) is 0 Å². The zero-order valence-electron chi connectivity index (χ0n) is 25.6. The van der Waals surface area contributed by atoms with Gasteiger partial charge in [0, 0.05) is 30.8 Å². The zero-order chi connectivity index (χ0) is 31.2. The summed E-state index contributed by atoms with van der Waals surface area (Å²) in [7, 11) is 3.62. The van der Waals surface area contributed by atoms with Gasteiger partial charge in [-0.3, -0.25) is 9.13 Å². The Morgan fingerprint density at radius 2 is 1.09 bits per heavy atom. The predicted octanol–water partition coefficient (Wildman–Crippen LogP) is 9.16. The zero-order valence-corrected chi connectivity index (χ0v) is 25.6. The number of fused-ring (bicyclic) bond motifs is 2. The molecule has 220 valence electrons. The lowest BCUT2D eigenvalue weighted by Crippen LogP contribution is -2.19. The Kier molecular flexibility index (Phi) is 6.65. The largest absolute Gasteiger partial charge is 0.328 e. The Bertz CT molecular complexity index is 2440. The van der Waals surface area contributed by atoms with Crippen molar-refractivity contribution >= 4 is 21.8 Å². The summed E-state index contributed by atoms with van der Waals surface area (Å²) in [5.74, 6) is 0.680. The minimum absolute atomic E-state index is 0.0295. The first-order valence-corrected chi connectivity index (χ1v) is 15.3. The van der Waals surface area contributed by atoms with Gasteiger partial charge in [0.15, 0.2) is 5.82 Å². The molecule has 0 fully saturated rings. The van der Waals surface area contributed by atoms with Gasteiger partial charge in [-0.1, -0.05) is 127 Å². The molecule has 0 atom stereocenters. The van der Waals surface area contributed by atoms with Gasteiger partial charge in [0.1, 0.15) is 0 Å². The maximum absolute atomic E-state index is 12.5. The Hall–Kier alpha value is -6.07. The number of aryl methyl sites for hydroxylation is 2. The average molecular weight is 595 g/mol. The van der Waals surface area contributed by atoms with Gasteiger partial charge in [0.25, 0.3) is 0 Å². The van der Waals surface area contributed by atoms with E-state index >= 15 is 0 Å². The molecule has 0 bridgehead atoms. The van der Waals surface area contributed by atoms with Gasteiger partial charge in [-0.2, -0.15) is 0 Å². The second-order valence-corrected chi connectivity index (χ2v) is 11.6. The van der Waals surface area contributed by atoms with Crippen molar-refractivity contribution in [2.75, 3.05) is 0 Å². The van der Waals surface area contributed by atoms with Crippen LogP contribution in [-0.2, 0) is 14.1 Å². The van der Waals surface area contributed by atoms with Gasteiger partial charge >= 0.3 is 5.69 Å². The third kappa shape index (κ3) is 4.70. The van der Waals surface area contributed by atoms with Gasteiger partial charge in [0.05, 0.1) is 22.4 Å². The summed E-state index contributed by atoms with van der Waals surface area (Å²) in [4.78, 5) is 22.7. The Morgan fingerprint density at radius 1 is 0.478 bits per heavy atom. The molecule has 0 radical (unpaired) electrons. The van der Waals surface area contributed by atoms with Crippen LogP contribution in [-0.4, -0.2) is 19.1 Å². The van der Waals surface area contributed by atoms with Gasteiger partial charge < -0.3 is 0 Å². The van der Waals surface area contributed by atoms with Gasteiger partial charge in [-0.05, 0) is 51.2 Å². The molecule has 8 aromatic rings. The van der Waals surface area contributed by atoms with E-state index in [9.17, 15) is 4.79 Å². The van der Waals surface area contributed by atoms with Crippen LogP contribution >= 0.6 is 0 Å². The van der Waals surface area contributed by atoms with Crippen molar-refractivity contribution in [1.29, 1.82) is 0 Å². The minimum atomic E-state index is -0.0295. The maximum Gasteiger partial charge on any atom is 0.328 e. The standard InChI is InChI=1S/C41H30N4O/c1-44-37-24-22-32(25-38(37)45(2)41(44)46)27-17-19-29(20-18-27)35-26-36(43-40(42-35)31-14-7-4-8-15-31)34-23-21-28-11-9-10-16-33(28)39(34)30-12-5-3-6-13-30/h3-26H,1-2H3. The molecule has 5 heteroatoms. The summed E-state index contributed by atoms with van der Waals surface area (Å²) < 4.78 is 3.37. The predicted molar refractivity (Wildman–Crippen MR) is 188 cm³/mol. The molecular formula is C41H30N4O. The molecule has 0 amide bonds. The Morgan fingerprint density at radius 3 is 1.85 bits per heavy atom. The summed E-state index contributed by atoms with van der Waals surface area (Å²) in [6.45, 7) is 0. The normalized spacial score (nSPS) is 11.3. The topological polar surface area (TPSA) is 52.7 Å². The molecule has 0 saturated heterocycles. The first-order chi connectivity index (χ1) is 22.5. The highest BCUT2D eigenvalue weighted by Crippen LogP contribution is 2.39. The third-order valence-electron chi connectivity index (χ3n) is 8.81. The van der Waals surface area contributed by atoms with Crippen molar-refractivity contribution in [3.8, 4) is 56.2 Å². The van der Waals surface area contributed by atoms with E-state index in [0.29, 0.717) is 5.82 Å². The van der Waals surface area contributed by atoms with E-state index in [1.165, 1.54) is 10.8 Å². The van der Waals surface area contributed by atoms with E-state index in [0.717, 1.165) is 61.4 Å². The first-order valence-electron chi connectivity index (χ1n) is 15.3. The van der Waals surface area contributed by atoms with Crippen LogP contribution in [0.15, 0.2) is 150 Å². The molecule has 2 heterocycles. The fourth-order valence-electron chi connectivity index (χ4n) is 6.37. The molecule has 5 nitrogen and oxygen atoms in total. The van der Waals surface area contributed by atoms with Crippen LogP contribution in [0.25, 0.3) is 78.0 Å². The van der Waals surface area contributed by atoms with Crippen LogP contribution in [0.3, 0.4) is 0 Å². The molecule has 2 aromatic heterocycles. The van der Waals surface area contributed by atoms with Crippen LogP contribution in [0, 0.1) is 0 Å². The summed E-state index contributed by atoms with van der Waals surface area (Å²) in [6.07, 6.45) is 0. The maximum atomic E-state index is 12.5. The average Bonchev–Trinajstić information content (AvgIpc) is 3.34. The molecule has 0 saturated carbocycles. The van der Waals surface area contributed by atoms with Crippen LogP contribution < -0.4 is 5.69 Å². The molecule has 0 unspecified atom stereocenters. The quantitative estimate of drug-likeness (QED) is 0.200. The van der Waals surface area contributed by atoms with Crippen molar-refractivity contribution in [3.05, 3.63) is 156 Å². The summed E-state index contributed by atoms with van der Waals surface area (Å²) in [5.41, 5.74) is 11.0. The highest BCUT2D eigenvalue weighted by atomic mass is 16.1. The number of hydrogen-bond acceptors (Lipinski definition) is 3. The SMILES string of the molecule is Cn1c(=O)n(C)c2cc(-c3ccc(-c4cc(-c5ccc6ccccc6c5-c5ccccc5)nc(-c5ccccc5)n4)cc3)ccc21. The van der Waals surface area contributed by atoms with E-state index in [1.54, 1.807) is 16.2 Å². The first kappa shape index (κ1) is 27.5. The van der Waals surface area contributed by atoms with E-state index in [-0.39, 0.29) is 5.69 Å². The molecule has 46 heavy (non-hydrogen) atoms. The molecule has 0 spiro atoms. The smallest absolute Gasteiger partial charge is 0.295 e. The molecule has 0 N–H and O–H groups in total. The number of aromatic nitrogens is 4. The van der Waals surface area contributed by atoms with Gasteiger partial charge in [-0.15, -0.1) is 0 Å². The number of rotatable bonds is 5. The van der Waals surface area contributed by atoms with Crippen LogP contribution in [0.1, 0.15) is 0 Å². The van der Waals surface area contributed by atoms with Crippen LogP contribution in [0.4, 0.5) is 0 Å². The second-order valence-electron chi connectivity index (χ2n) is 11.6. The summed E-state index contributed by atoms with van der Waals surface area (Å²) in [6, 6.07) is 50.3. The molecule has 8 rings (SSSR count). The Balaban J connectivity index is 1.28. The Labute approximate surface area is 266 Å². The van der Waals surface area contributed by atoms with Crippen molar-refractivity contribution in [3.63, 3.8) is 0 Å². The highest BCUT2D eigenvalue weighted by molar-refractivity contribution is 6.04. The number of hydrogen-bond donors (Lipinski definition) is 0. The summed E-state index contributed by atoms with van der Waals surface area (Å²) >= 11 is 0. The van der Waals surface area contributed by atoms with E-state index < -0.39 is 0 Å². The van der Waals surface area contributed by atoms with Crippen LogP contribution in [0.5, 0.6) is 0 Å². The molecular weight excluding hydrogens is 564 g/mol. The van der Waals surface area contributed by atoms with Crippen molar-refractivity contribution in [2.24, 2.45) is 14.1 Å². The lowest BCUT2D eigenvalue weighted by atomic mass is 9.91. The number of nitrogens with zero attached hydrogens (tertiary/aromatic N) is 4. The van der Waals surface area contributed by atoms with Crippen LogP contribution in [0.2, 0.25) is 0 Å². The highest BCUT2D eigenvalue weighted by Gasteiger charge is 2.17. The van der Waals surface area contributed by atoms with Gasteiger partial charge in [-0.25, -0.2) is 14.8 Å². The molecule has 0 aliphatic carbocycles. The van der Waals surface area contributed by atoms with Crippen molar-refractivity contribution in [1.82, 2.24) is 19.1 Å². The third-order valence-corrected chi connectivity index (χ3v) is 8.81. The number of imidazole rings is 1. The fourth-order valence-corrected chi connectivity index (χ4v) is 6.37. The minimum Gasteiger partial charge on any atom is -0.295 e. The lowest BCUT2D eigenvalue weighted by molar-refractivity contribution is 0.795. The fraction of sp³-hybridized carbons (Fsp3) is 0.0488. The molecule has 0 aliphatic rings. The van der Waals surface area contributed by atoms with E-state index in [4.69, 9.17) is 9.97 Å². The lowest BCUT2D eigenvalue weighted by Gasteiger charge is -2.15. The second kappa shape index (κ2) is 11.1. The summed E-state index contributed by atoms with van der Waals surface area (Å²) in [5, 5.41) is 2.37. The molecule has 0 aliphatic heterocycles. The van der Waals surface area contributed by atoms with Gasteiger partial charge in [0.2, 0.25) is 0 Å². The molecule has 6 aromatic carbocycles. The monoisotopic (exact) mass is 594 g/mol. The number of benzene rings is 6. The van der Waals surface area contributed by atoms with E-state index in [1.807, 2.05) is 37.4 Å².